The van der Waals surface area contributed by atoms with Gasteiger partial charge >= 0.3 is 5.97 Å². The minimum Gasteiger partial charge on any atom is -0.458 e. The fourth-order valence-corrected chi connectivity index (χ4v) is 2.81. The Morgan fingerprint density at radius 3 is 2.85 bits per heavy atom. The zero-order valence-electron chi connectivity index (χ0n) is 11.2. The monoisotopic (exact) mass is 271 g/mol. The summed E-state index contributed by atoms with van der Waals surface area (Å²) in [7, 11) is 0. The van der Waals surface area contributed by atoms with Crippen LogP contribution in [0, 0.1) is 5.92 Å². The molecule has 1 amide bonds. The van der Waals surface area contributed by atoms with Crippen molar-refractivity contribution in [3.8, 4) is 0 Å². The lowest BCUT2D eigenvalue weighted by molar-refractivity contribution is -0.122. The van der Waals surface area contributed by atoms with E-state index >= 15 is 0 Å². The molecule has 0 aromatic heterocycles. The first-order valence-corrected chi connectivity index (χ1v) is 6.98. The molecule has 1 saturated heterocycles. The Balaban J connectivity index is 1.63. The first-order valence-electron chi connectivity index (χ1n) is 6.98. The van der Waals surface area contributed by atoms with Crippen LogP contribution in [-0.4, -0.2) is 18.0 Å². The summed E-state index contributed by atoms with van der Waals surface area (Å²) in [6, 6.07) is 9.04. The Bertz CT molecular complexity index is 550. The number of benzene rings is 1. The number of piperidine rings is 1. The molecule has 1 fully saturated rings. The molecule has 0 bridgehead atoms. The number of rotatable bonds is 2. The molecule has 4 nitrogen and oxygen atoms in total. The standard InChI is InChI=1S/C16H17NO3/c18-15-9-6-12-10-13(7-8-14(12)17-15)20-16(19)11-4-2-1-3-5-11/h1-5,8,12-13H,6-7,9-10H2,(H,17,18)/t12-,13-/m0/s1. The second-order valence-corrected chi connectivity index (χ2v) is 5.31. The van der Waals surface area contributed by atoms with Crippen LogP contribution in [0.5, 0.6) is 0 Å². The van der Waals surface area contributed by atoms with Crippen LogP contribution < -0.4 is 5.32 Å². The zero-order valence-corrected chi connectivity index (χ0v) is 11.2. The van der Waals surface area contributed by atoms with Crippen LogP contribution in [-0.2, 0) is 9.53 Å². The third-order valence-corrected chi connectivity index (χ3v) is 3.87. The fourth-order valence-electron chi connectivity index (χ4n) is 2.81. The molecule has 3 rings (SSSR count). The summed E-state index contributed by atoms with van der Waals surface area (Å²) in [6.45, 7) is 0. The van der Waals surface area contributed by atoms with Crippen LogP contribution in [0.2, 0.25) is 0 Å². The normalized spacial score (nSPS) is 25.2. The maximum absolute atomic E-state index is 12.0. The quantitative estimate of drug-likeness (QED) is 0.840. The van der Waals surface area contributed by atoms with Crippen LogP contribution in [0.4, 0.5) is 0 Å². The van der Waals surface area contributed by atoms with Gasteiger partial charge in [0, 0.05) is 24.5 Å². The first-order chi connectivity index (χ1) is 9.72. The van der Waals surface area contributed by atoms with Gasteiger partial charge in [-0.3, -0.25) is 4.79 Å². The lowest BCUT2D eigenvalue weighted by atomic mass is 9.84. The number of fused-ring (bicyclic) bond motifs is 1. The van der Waals surface area contributed by atoms with Crippen molar-refractivity contribution in [1.82, 2.24) is 5.32 Å². The molecule has 1 heterocycles. The number of esters is 1. The number of amides is 1. The highest BCUT2D eigenvalue weighted by Gasteiger charge is 2.30. The summed E-state index contributed by atoms with van der Waals surface area (Å²) in [5.41, 5.74) is 1.59. The second-order valence-electron chi connectivity index (χ2n) is 5.31. The van der Waals surface area contributed by atoms with Gasteiger partial charge in [0.15, 0.2) is 0 Å². The van der Waals surface area contributed by atoms with E-state index in [1.165, 1.54) is 0 Å². The van der Waals surface area contributed by atoms with Crippen LogP contribution >= 0.6 is 0 Å². The van der Waals surface area contributed by atoms with E-state index in [9.17, 15) is 9.59 Å². The highest BCUT2D eigenvalue weighted by molar-refractivity contribution is 5.89. The Labute approximate surface area is 117 Å². The summed E-state index contributed by atoms with van der Waals surface area (Å²) in [5.74, 6) is 0.134. The SMILES string of the molecule is O=C1CC[C@H]2C[C@@H](OC(=O)c3ccccc3)CC=C2N1. The van der Waals surface area contributed by atoms with Crippen molar-refractivity contribution in [2.24, 2.45) is 5.92 Å². The summed E-state index contributed by atoms with van der Waals surface area (Å²) in [6.07, 6.45) is 4.77. The van der Waals surface area contributed by atoms with E-state index in [-0.39, 0.29) is 18.0 Å². The van der Waals surface area contributed by atoms with Crippen LogP contribution in [0.1, 0.15) is 36.0 Å². The third kappa shape index (κ3) is 2.74. The zero-order chi connectivity index (χ0) is 13.9. The molecule has 0 radical (unpaired) electrons. The number of hydrogen-bond donors (Lipinski definition) is 1. The maximum atomic E-state index is 12.0. The minimum atomic E-state index is -0.271. The molecule has 1 N–H and O–H groups in total. The van der Waals surface area contributed by atoms with Gasteiger partial charge in [-0.25, -0.2) is 4.79 Å². The molecule has 1 aliphatic heterocycles. The van der Waals surface area contributed by atoms with Crippen LogP contribution in [0.15, 0.2) is 42.1 Å². The topological polar surface area (TPSA) is 55.4 Å². The largest absolute Gasteiger partial charge is 0.458 e. The van der Waals surface area contributed by atoms with Gasteiger partial charge in [0.25, 0.3) is 0 Å². The van der Waals surface area contributed by atoms with Gasteiger partial charge in [-0.05, 0) is 25.0 Å². The van der Waals surface area contributed by atoms with Crippen molar-refractivity contribution in [1.29, 1.82) is 0 Å². The number of nitrogens with one attached hydrogen (secondary N) is 1. The van der Waals surface area contributed by atoms with Gasteiger partial charge in [-0.2, -0.15) is 0 Å². The second kappa shape index (κ2) is 5.49. The average Bonchev–Trinajstić information content (AvgIpc) is 2.48. The van der Waals surface area contributed by atoms with Crippen molar-refractivity contribution in [2.45, 2.75) is 31.8 Å². The lowest BCUT2D eigenvalue weighted by Crippen LogP contribution is -2.37. The Kier molecular flexibility index (Phi) is 3.54. The molecule has 20 heavy (non-hydrogen) atoms. The molecule has 0 spiro atoms. The molecule has 1 aromatic rings. The van der Waals surface area contributed by atoms with Crippen molar-refractivity contribution in [2.75, 3.05) is 0 Å². The molecule has 1 aromatic carbocycles. The minimum absolute atomic E-state index is 0.0900. The maximum Gasteiger partial charge on any atom is 0.338 e. The van der Waals surface area contributed by atoms with Crippen LogP contribution in [0.3, 0.4) is 0 Å². The number of allylic oxidation sites excluding steroid dienone is 1. The van der Waals surface area contributed by atoms with E-state index in [1.807, 2.05) is 24.3 Å². The summed E-state index contributed by atoms with van der Waals surface area (Å²) >= 11 is 0. The van der Waals surface area contributed by atoms with Crippen molar-refractivity contribution >= 4 is 11.9 Å². The summed E-state index contributed by atoms with van der Waals surface area (Å²) in [5, 5.41) is 2.91. The average molecular weight is 271 g/mol. The van der Waals surface area contributed by atoms with Gasteiger partial charge in [-0.1, -0.05) is 24.3 Å². The Morgan fingerprint density at radius 2 is 2.05 bits per heavy atom. The number of carbonyl (C=O) groups is 2. The highest BCUT2D eigenvalue weighted by Crippen LogP contribution is 2.31. The molecular formula is C16H17NO3. The highest BCUT2D eigenvalue weighted by atomic mass is 16.5. The Hall–Kier alpha value is -2.10. The fraction of sp³-hybridized carbons (Fsp3) is 0.375. The molecule has 1 aliphatic carbocycles. The van der Waals surface area contributed by atoms with Gasteiger partial charge < -0.3 is 10.1 Å². The number of ether oxygens (including phenoxy) is 1. The van der Waals surface area contributed by atoms with Crippen molar-refractivity contribution in [3.63, 3.8) is 0 Å². The summed E-state index contributed by atoms with van der Waals surface area (Å²) < 4.78 is 5.56. The number of carbonyl (C=O) groups excluding carboxylic acids is 2. The smallest absolute Gasteiger partial charge is 0.338 e. The molecule has 0 saturated carbocycles. The van der Waals surface area contributed by atoms with E-state index in [2.05, 4.69) is 5.32 Å². The van der Waals surface area contributed by atoms with Gasteiger partial charge in [0.05, 0.1) is 5.56 Å². The van der Waals surface area contributed by atoms with E-state index in [1.54, 1.807) is 12.1 Å². The Morgan fingerprint density at radius 1 is 1.25 bits per heavy atom. The van der Waals surface area contributed by atoms with E-state index in [0.29, 0.717) is 24.3 Å². The van der Waals surface area contributed by atoms with E-state index < -0.39 is 0 Å². The van der Waals surface area contributed by atoms with Crippen LogP contribution in [0.25, 0.3) is 0 Å². The van der Waals surface area contributed by atoms with E-state index in [0.717, 1.165) is 18.5 Å². The predicted octanol–water partition coefficient (Wildman–Crippen LogP) is 2.42. The summed E-state index contributed by atoms with van der Waals surface area (Å²) in [4.78, 5) is 23.3. The molecule has 4 heteroatoms. The number of hydrogen-bond acceptors (Lipinski definition) is 3. The molecule has 2 atom stereocenters. The molecule has 104 valence electrons. The molecule has 2 aliphatic rings. The van der Waals surface area contributed by atoms with Crippen molar-refractivity contribution in [3.05, 3.63) is 47.7 Å². The van der Waals surface area contributed by atoms with E-state index in [4.69, 9.17) is 4.74 Å². The van der Waals surface area contributed by atoms with Gasteiger partial charge in [-0.15, -0.1) is 0 Å². The third-order valence-electron chi connectivity index (χ3n) is 3.87. The van der Waals surface area contributed by atoms with Gasteiger partial charge in [0.2, 0.25) is 5.91 Å². The lowest BCUT2D eigenvalue weighted by Gasteiger charge is -2.32. The van der Waals surface area contributed by atoms with Gasteiger partial charge in [0.1, 0.15) is 6.10 Å². The van der Waals surface area contributed by atoms with Crippen molar-refractivity contribution < 1.29 is 14.3 Å². The first kappa shape index (κ1) is 12.9. The predicted molar refractivity (Wildman–Crippen MR) is 73.8 cm³/mol. The molecular weight excluding hydrogens is 254 g/mol. The molecule has 0 unspecified atom stereocenters.